The zero-order valence-electron chi connectivity index (χ0n) is 9.84. The highest BCUT2D eigenvalue weighted by Crippen LogP contribution is 2.34. The van der Waals surface area contributed by atoms with E-state index in [1.807, 2.05) is 6.92 Å². The number of benzene rings is 1. The number of halogens is 2. The third kappa shape index (κ3) is 2.71. The van der Waals surface area contributed by atoms with Crippen molar-refractivity contribution in [2.75, 3.05) is 18.4 Å². The second kappa shape index (κ2) is 5.34. The van der Waals surface area contributed by atoms with Gasteiger partial charge in [0.15, 0.2) is 5.75 Å². The third-order valence-electron chi connectivity index (χ3n) is 3.22. The third-order valence-corrected chi connectivity index (χ3v) is 3.79. The van der Waals surface area contributed by atoms with Crippen molar-refractivity contribution in [1.29, 1.82) is 0 Å². The van der Waals surface area contributed by atoms with Crippen LogP contribution in [0.3, 0.4) is 0 Å². The largest absolute Gasteiger partial charge is 0.505 e. The number of hydrogen-bond acceptors (Lipinski definition) is 3. The van der Waals surface area contributed by atoms with E-state index in [2.05, 4.69) is 10.6 Å². The van der Waals surface area contributed by atoms with Gasteiger partial charge in [-0.05, 0) is 31.1 Å². The Kier molecular flexibility index (Phi) is 4.00. The smallest absolute Gasteiger partial charge is 0.227 e. The van der Waals surface area contributed by atoms with Gasteiger partial charge in [0.1, 0.15) is 0 Å². The Morgan fingerprint density at radius 1 is 1.44 bits per heavy atom. The van der Waals surface area contributed by atoms with Gasteiger partial charge in [0.2, 0.25) is 5.91 Å². The Balaban J connectivity index is 2.06. The lowest BCUT2D eigenvalue weighted by molar-refractivity contribution is -0.121. The average molecular weight is 289 g/mol. The van der Waals surface area contributed by atoms with Crippen molar-refractivity contribution in [3.8, 4) is 5.75 Å². The Bertz CT molecular complexity index is 452. The van der Waals surface area contributed by atoms with Crippen molar-refractivity contribution in [2.45, 2.75) is 6.92 Å². The summed E-state index contributed by atoms with van der Waals surface area (Å²) in [6, 6.07) is 2.96. The van der Waals surface area contributed by atoms with Gasteiger partial charge in [0.05, 0.1) is 10.0 Å². The molecule has 1 aliphatic rings. The molecule has 1 heterocycles. The number of nitrogens with one attached hydrogen (secondary N) is 2. The van der Waals surface area contributed by atoms with Crippen molar-refractivity contribution in [3.63, 3.8) is 0 Å². The lowest BCUT2D eigenvalue weighted by Crippen LogP contribution is -2.48. The second-order valence-corrected chi connectivity index (χ2v) is 5.30. The fourth-order valence-electron chi connectivity index (χ4n) is 1.77. The van der Waals surface area contributed by atoms with Gasteiger partial charge in [0, 0.05) is 11.6 Å². The molecule has 1 fully saturated rings. The topological polar surface area (TPSA) is 61.4 Å². The summed E-state index contributed by atoms with van der Waals surface area (Å²) in [5.41, 5.74) is 0.493. The first-order chi connectivity index (χ1) is 8.49. The Labute approximate surface area is 115 Å². The van der Waals surface area contributed by atoms with Gasteiger partial charge in [0.25, 0.3) is 0 Å². The van der Waals surface area contributed by atoms with Gasteiger partial charge in [-0.3, -0.25) is 4.79 Å². The van der Waals surface area contributed by atoms with E-state index in [0.717, 1.165) is 13.1 Å². The summed E-state index contributed by atoms with van der Waals surface area (Å²) in [7, 11) is 0. The zero-order chi connectivity index (χ0) is 13.3. The number of phenols is 1. The maximum atomic E-state index is 12.0. The summed E-state index contributed by atoms with van der Waals surface area (Å²) in [5, 5.41) is 15.6. The molecular weight excluding hydrogens is 275 g/mol. The highest BCUT2D eigenvalue weighted by molar-refractivity contribution is 6.37. The van der Waals surface area contributed by atoms with Crippen LogP contribution in [0.15, 0.2) is 12.1 Å². The van der Waals surface area contributed by atoms with E-state index in [4.69, 9.17) is 23.2 Å². The number of carbonyl (C=O) groups is 1. The Morgan fingerprint density at radius 2 is 2.00 bits per heavy atom. The van der Waals surface area contributed by atoms with Crippen molar-refractivity contribution < 1.29 is 9.90 Å². The number of anilines is 1. The molecule has 0 aliphatic carbocycles. The van der Waals surface area contributed by atoms with Gasteiger partial charge in [-0.25, -0.2) is 0 Å². The molecule has 1 aromatic carbocycles. The normalized spacial score (nSPS) is 17.1. The monoisotopic (exact) mass is 288 g/mol. The van der Waals surface area contributed by atoms with Crippen LogP contribution in [-0.4, -0.2) is 24.1 Å². The molecule has 1 amide bonds. The van der Waals surface area contributed by atoms with Gasteiger partial charge >= 0.3 is 0 Å². The number of amides is 1. The van der Waals surface area contributed by atoms with Crippen molar-refractivity contribution >= 4 is 34.8 Å². The predicted octanol–water partition coefficient (Wildman–Crippen LogP) is 2.49. The first-order valence-corrected chi connectivity index (χ1v) is 6.44. The van der Waals surface area contributed by atoms with Crippen molar-refractivity contribution in [3.05, 3.63) is 22.2 Å². The molecule has 1 saturated heterocycles. The van der Waals surface area contributed by atoms with Gasteiger partial charge < -0.3 is 15.7 Å². The van der Waals surface area contributed by atoms with Gasteiger partial charge in [-0.15, -0.1) is 0 Å². The lowest BCUT2D eigenvalue weighted by Gasteiger charge is -2.31. The van der Waals surface area contributed by atoms with E-state index in [9.17, 15) is 9.90 Å². The van der Waals surface area contributed by atoms with Crippen LogP contribution in [0, 0.1) is 11.8 Å². The number of rotatable bonds is 3. The van der Waals surface area contributed by atoms with Crippen molar-refractivity contribution in [1.82, 2.24) is 5.32 Å². The SMILES string of the molecule is CC(C(=O)Nc1cc(Cl)c(O)c(Cl)c1)C1CNC1. The molecular formula is C12H14Cl2N2O2. The highest BCUT2D eigenvalue weighted by atomic mass is 35.5. The molecule has 1 aliphatic heterocycles. The molecule has 0 radical (unpaired) electrons. The summed E-state index contributed by atoms with van der Waals surface area (Å²) in [5.74, 6) is 0.0533. The quantitative estimate of drug-likeness (QED) is 0.749. The Hall–Kier alpha value is -0.970. The lowest BCUT2D eigenvalue weighted by atomic mass is 9.88. The molecule has 18 heavy (non-hydrogen) atoms. The average Bonchev–Trinajstić information content (AvgIpc) is 2.23. The summed E-state index contributed by atoms with van der Waals surface area (Å²) in [6.45, 7) is 3.63. The minimum absolute atomic E-state index is 0.0701. The molecule has 6 heteroatoms. The fraction of sp³-hybridized carbons (Fsp3) is 0.417. The molecule has 0 aromatic heterocycles. The van der Waals surface area contributed by atoms with Crippen LogP contribution in [0.25, 0.3) is 0 Å². The zero-order valence-corrected chi connectivity index (χ0v) is 11.3. The Morgan fingerprint density at radius 3 is 2.44 bits per heavy atom. The van der Waals surface area contributed by atoms with E-state index >= 15 is 0 Å². The first kappa shape index (κ1) is 13.5. The van der Waals surface area contributed by atoms with Gasteiger partial charge in [-0.1, -0.05) is 30.1 Å². The van der Waals surface area contributed by atoms with Crippen molar-refractivity contribution in [2.24, 2.45) is 11.8 Å². The summed E-state index contributed by atoms with van der Waals surface area (Å²) in [6.07, 6.45) is 0. The molecule has 1 unspecified atom stereocenters. The van der Waals surface area contributed by atoms with E-state index in [1.165, 1.54) is 12.1 Å². The van der Waals surface area contributed by atoms with E-state index < -0.39 is 0 Å². The fourth-order valence-corrected chi connectivity index (χ4v) is 2.26. The summed E-state index contributed by atoms with van der Waals surface area (Å²) in [4.78, 5) is 12.0. The minimum atomic E-state index is -0.174. The molecule has 0 bridgehead atoms. The number of hydrogen-bond donors (Lipinski definition) is 3. The first-order valence-electron chi connectivity index (χ1n) is 5.68. The number of phenolic OH excluding ortho intramolecular Hbond substituents is 1. The maximum Gasteiger partial charge on any atom is 0.227 e. The molecule has 3 N–H and O–H groups in total. The predicted molar refractivity (Wildman–Crippen MR) is 72.3 cm³/mol. The second-order valence-electron chi connectivity index (χ2n) is 4.48. The number of aromatic hydroxyl groups is 1. The van der Waals surface area contributed by atoms with Crippen LogP contribution in [0.1, 0.15) is 6.92 Å². The van der Waals surface area contributed by atoms with Gasteiger partial charge in [-0.2, -0.15) is 0 Å². The molecule has 98 valence electrons. The van der Waals surface area contributed by atoms with Crippen LogP contribution in [-0.2, 0) is 4.79 Å². The van der Waals surface area contributed by atoms with Crippen LogP contribution in [0.5, 0.6) is 5.75 Å². The number of carbonyl (C=O) groups excluding carboxylic acids is 1. The van der Waals surface area contributed by atoms with E-state index in [1.54, 1.807) is 0 Å². The van der Waals surface area contributed by atoms with Crippen LogP contribution in [0.4, 0.5) is 5.69 Å². The molecule has 0 saturated carbocycles. The van der Waals surface area contributed by atoms with Crippen LogP contribution in [0.2, 0.25) is 10.0 Å². The highest BCUT2D eigenvalue weighted by Gasteiger charge is 2.28. The molecule has 0 spiro atoms. The molecule has 1 atom stereocenters. The maximum absolute atomic E-state index is 12.0. The van der Waals surface area contributed by atoms with Crippen LogP contribution < -0.4 is 10.6 Å². The molecule has 2 rings (SSSR count). The summed E-state index contributed by atoms with van der Waals surface area (Å²) >= 11 is 11.6. The van der Waals surface area contributed by atoms with Crippen LogP contribution >= 0.6 is 23.2 Å². The molecule has 4 nitrogen and oxygen atoms in total. The molecule has 1 aromatic rings. The van der Waals surface area contributed by atoms with E-state index in [-0.39, 0.29) is 27.6 Å². The standard InChI is InChI=1S/C12H14Cl2N2O2/c1-6(7-4-15-5-7)12(18)16-8-2-9(13)11(17)10(14)3-8/h2-3,6-7,15,17H,4-5H2,1H3,(H,16,18). The minimum Gasteiger partial charge on any atom is -0.505 e. The van der Waals surface area contributed by atoms with E-state index in [0.29, 0.717) is 11.6 Å². The summed E-state index contributed by atoms with van der Waals surface area (Å²) < 4.78 is 0.